The highest BCUT2D eigenvalue weighted by Crippen LogP contribution is 2.19. The Morgan fingerprint density at radius 1 is 1.42 bits per heavy atom. The van der Waals surface area contributed by atoms with Gasteiger partial charge in [0.2, 0.25) is 5.91 Å². The van der Waals surface area contributed by atoms with Crippen LogP contribution in [0.4, 0.5) is 5.69 Å². The van der Waals surface area contributed by atoms with Gasteiger partial charge in [0.1, 0.15) is 0 Å². The molecule has 0 aromatic heterocycles. The second-order valence-electron chi connectivity index (χ2n) is 5.38. The molecule has 1 atom stereocenters. The fraction of sp³-hybridized carbons (Fsp3) is 0.533. The highest BCUT2D eigenvalue weighted by molar-refractivity contribution is 5.93. The number of aryl methyl sites for hydroxylation is 2. The Hall–Kier alpha value is -1.39. The summed E-state index contributed by atoms with van der Waals surface area (Å²) in [4.78, 5) is 14.2. The van der Waals surface area contributed by atoms with Crippen molar-refractivity contribution in [2.75, 3.05) is 32.0 Å². The maximum Gasteiger partial charge on any atom is 0.238 e. The van der Waals surface area contributed by atoms with Gasteiger partial charge in [0.25, 0.3) is 0 Å². The van der Waals surface area contributed by atoms with Crippen molar-refractivity contribution in [1.82, 2.24) is 10.2 Å². The molecule has 1 amide bonds. The number of nitrogens with one attached hydrogen (secondary N) is 2. The molecule has 1 aromatic rings. The minimum Gasteiger partial charge on any atom is -0.324 e. The lowest BCUT2D eigenvalue weighted by atomic mass is 10.1. The lowest BCUT2D eigenvalue weighted by Gasteiger charge is -2.23. The van der Waals surface area contributed by atoms with Crippen LogP contribution in [-0.2, 0) is 4.79 Å². The van der Waals surface area contributed by atoms with Crippen molar-refractivity contribution < 1.29 is 4.79 Å². The minimum absolute atomic E-state index is 0.0619. The molecule has 0 radical (unpaired) electrons. The van der Waals surface area contributed by atoms with E-state index in [1.54, 1.807) is 0 Å². The minimum atomic E-state index is 0.0619. The first kappa shape index (κ1) is 14.0. The Bertz CT molecular complexity index is 432. The van der Waals surface area contributed by atoms with Gasteiger partial charge in [-0.05, 0) is 45.0 Å². The van der Waals surface area contributed by atoms with Crippen LogP contribution in [0.25, 0.3) is 0 Å². The summed E-state index contributed by atoms with van der Waals surface area (Å²) in [5.41, 5.74) is 3.17. The molecule has 104 valence electrons. The standard InChI is InChI=1S/C15H23N3O/c1-11-5-4-6-12(2)15(11)17-14(19)10-18(3)13-7-8-16-9-13/h4-6,13,16H,7-10H2,1-3H3,(H,17,19). The molecule has 2 rings (SSSR count). The van der Waals surface area contributed by atoms with Gasteiger partial charge in [0, 0.05) is 18.3 Å². The molecule has 1 fully saturated rings. The van der Waals surface area contributed by atoms with Crippen LogP contribution < -0.4 is 10.6 Å². The summed E-state index contributed by atoms with van der Waals surface area (Å²) < 4.78 is 0. The first-order valence-corrected chi connectivity index (χ1v) is 6.85. The number of hydrogen-bond donors (Lipinski definition) is 2. The van der Waals surface area contributed by atoms with Gasteiger partial charge in [-0.1, -0.05) is 18.2 Å². The molecule has 1 heterocycles. The molecule has 4 nitrogen and oxygen atoms in total. The second-order valence-corrected chi connectivity index (χ2v) is 5.38. The molecule has 1 unspecified atom stereocenters. The van der Waals surface area contributed by atoms with E-state index in [9.17, 15) is 4.79 Å². The van der Waals surface area contributed by atoms with E-state index in [2.05, 4.69) is 15.5 Å². The van der Waals surface area contributed by atoms with Gasteiger partial charge in [-0.25, -0.2) is 0 Å². The Labute approximate surface area is 115 Å². The van der Waals surface area contributed by atoms with Crippen molar-refractivity contribution in [2.45, 2.75) is 26.3 Å². The summed E-state index contributed by atoms with van der Waals surface area (Å²) in [6.07, 6.45) is 1.12. The topological polar surface area (TPSA) is 44.4 Å². The van der Waals surface area contributed by atoms with E-state index in [1.807, 2.05) is 39.1 Å². The monoisotopic (exact) mass is 261 g/mol. The number of benzene rings is 1. The highest BCUT2D eigenvalue weighted by Gasteiger charge is 2.21. The predicted molar refractivity (Wildman–Crippen MR) is 78.5 cm³/mol. The fourth-order valence-corrected chi connectivity index (χ4v) is 2.56. The maximum atomic E-state index is 12.1. The van der Waals surface area contributed by atoms with Gasteiger partial charge in [0.05, 0.1) is 6.54 Å². The predicted octanol–water partition coefficient (Wildman–Crippen LogP) is 1.54. The number of hydrogen-bond acceptors (Lipinski definition) is 3. The number of likely N-dealkylation sites (N-methyl/N-ethyl adjacent to an activating group) is 1. The molecule has 1 aliphatic rings. The first-order chi connectivity index (χ1) is 9.08. The summed E-state index contributed by atoms with van der Waals surface area (Å²) in [6.45, 7) is 6.52. The number of carbonyl (C=O) groups excluding carboxylic acids is 1. The molecule has 0 saturated carbocycles. The van der Waals surface area contributed by atoms with Crippen LogP contribution in [-0.4, -0.2) is 43.5 Å². The van der Waals surface area contributed by atoms with Gasteiger partial charge < -0.3 is 10.6 Å². The Kier molecular flexibility index (Phi) is 4.56. The third-order valence-electron chi connectivity index (χ3n) is 3.80. The van der Waals surface area contributed by atoms with Gasteiger partial charge in [-0.3, -0.25) is 9.69 Å². The lowest BCUT2D eigenvalue weighted by molar-refractivity contribution is -0.117. The zero-order chi connectivity index (χ0) is 13.8. The molecule has 1 saturated heterocycles. The van der Waals surface area contributed by atoms with Crippen LogP contribution in [0.2, 0.25) is 0 Å². The number of carbonyl (C=O) groups is 1. The van der Waals surface area contributed by atoms with Crippen molar-refractivity contribution in [1.29, 1.82) is 0 Å². The number of para-hydroxylation sites is 1. The quantitative estimate of drug-likeness (QED) is 0.864. The summed E-state index contributed by atoms with van der Waals surface area (Å²) in [5, 5.41) is 6.35. The third-order valence-corrected chi connectivity index (χ3v) is 3.80. The number of rotatable bonds is 4. The van der Waals surface area contributed by atoms with Gasteiger partial charge in [-0.2, -0.15) is 0 Å². The van der Waals surface area contributed by atoms with Crippen LogP contribution >= 0.6 is 0 Å². The van der Waals surface area contributed by atoms with E-state index in [0.29, 0.717) is 12.6 Å². The molecule has 0 aliphatic carbocycles. The highest BCUT2D eigenvalue weighted by atomic mass is 16.2. The van der Waals surface area contributed by atoms with Crippen LogP contribution in [0.1, 0.15) is 17.5 Å². The van der Waals surface area contributed by atoms with E-state index in [0.717, 1.165) is 36.3 Å². The fourth-order valence-electron chi connectivity index (χ4n) is 2.56. The van der Waals surface area contributed by atoms with Crippen molar-refractivity contribution in [3.63, 3.8) is 0 Å². The summed E-state index contributed by atoms with van der Waals surface area (Å²) in [7, 11) is 2.02. The molecule has 1 aromatic carbocycles. The number of nitrogens with zero attached hydrogens (tertiary/aromatic N) is 1. The lowest BCUT2D eigenvalue weighted by Crippen LogP contribution is -2.39. The molecule has 4 heteroatoms. The van der Waals surface area contributed by atoms with E-state index in [4.69, 9.17) is 0 Å². The summed E-state index contributed by atoms with van der Waals surface area (Å²) in [6, 6.07) is 6.53. The van der Waals surface area contributed by atoms with Crippen LogP contribution in [0.3, 0.4) is 0 Å². The first-order valence-electron chi connectivity index (χ1n) is 6.85. The van der Waals surface area contributed by atoms with E-state index >= 15 is 0 Å². The van der Waals surface area contributed by atoms with Crippen molar-refractivity contribution in [3.8, 4) is 0 Å². The van der Waals surface area contributed by atoms with Crippen LogP contribution in [0, 0.1) is 13.8 Å². The number of amides is 1. The largest absolute Gasteiger partial charge is 0.324 e. The number of anilines is 1. The molecular formula is C15H23N3O. The third kappa shape index (κ3) is 3.55. The van der Waals surface area contributed by atoms with E-state index in [-0.39, 0.29) is 5.91 Å². The van der Waals surface area contributed by atoms with Gasteiger partial charge >= 0.3 is 0 Å². The smallest absolute Gasteiger partial charge is 0.238 e. The molecule has 19 heavy (non-hydrogen) atoms. The Balaban J connectivity index is 1.93. The Morgan fingerprint density at radius 2 is 2.11 bits per heavy atom. The van der Waals surface area contributed by atoms with Crippen molar-refractivity contribution in [3.05, 3.63) is 29.3 Å². The van der Waals surface area contributed by atoms with Gasteiger partial charge in [-0.15, -0.1) is 0 Å². The molecule has 1 aliphatic heterocycles. The SMILES string of the molecule is Cc1cccc(C)c1NC(=O)CN(C)C1CCNC1. The summed E-state index contributed by atoms with van der Waals surface area (Å²) >= 11 is 0. The molecular weight excluding hydrogens is 238 g/mol. The molecule has 0 spiro atoms. The van der Waals surface area contributed by atoms with Gasteiger partial charge in [0.15, 0.2) is 0 Å². The molecule has 0 bridgehead atoms. The summed E-state index contributed by atoms with van der Waals surface area (Å²) in [5.74, 6) is 0.0619. The van der Waals surface area contributed by atoms with E-state index in [1.165, 1.54) is 0 Å². The average molecular weight is 261 g/mol. The zero-order valence-electron chi connectivity index (χ0n) is 12.0. The van der Waals surface area contributed by atoms with Crippen LogP contribution in [0.5, 0.6) is 0 Å². The maximum absolute atomic E-state index is 12.1. The Morgan fingerprint density at radius 3 is 2.68 bits per heavy atom. The second kappa shape index (κ2) is 6.17. The molecule has 2 N–H and O–H groups in total. The van der Waals surface area contributed by atoms with Crippen molar-refractivity contribution in [2.24, 2.45) is 0 Å². The zero-order valence-corrected chi connectivity index (χ0v) is 12.0. The van der Waals surface area contributed by atoms with Crippen LogP contribution in [0.15, 0.2) is 18.2 Å². The average Bonchev–Trinajstić information content (AvgIpc) is 2.88. The normalized spacial score (nSPS) is 18.8. The van der Waals surface area contributed by atoms with Crippen molar-refractivity contribution >= 4 is 11.6 Å². The van der Waals surface area contributed by atoms with E-state index < -0.39 is 0 Å².